The fourth-order valence-corrected chi connectivity index (χ4v) is 4.60. The molecule has 10 heteroatoms. The molecule has 0 unspecified atom stereocenters. The molecule has 4 aromatic heterocycles. The molecule has 5 heterocycles. The minimum atomic E-state index is -0.354. The van der Waals surface area contributed by atoms with Gasteiger partial charge in [-0.15, -0.1) is 5.10 Å². The fraction of sp³-hybridized carbons (Fsp3) is 0.231. The number of fused-ring (bicyclic) bond motifs is 1. The molecule has 1 atom stereocenters. The minimum Gasteiger partial charge on any atom is -0.479 e. The highest BCUT2D eigenvalue weighted by atomic mass is 19.1. The van der Waals surface area contributed by atoms with Crippen LogP contribution in [0.15, 0.2) is 61.3 Å². The largest absolute Gasteiger partial charge is 0.479 e. The summed E-state index contributed by atoms with van der Waals surface area (Å²) in [7, 11) is 1.59. The Morgan fingerprint density at radius 1 is 1.03 bits per heavy atom. The zero-order valence-corrected chi connectivity index (χ0v) is 19.8. The van der Waals surface area contributed by atoms with Crippen molar-refractivity contribution in [2.45, 2.75) is 32.2 Å². The predicted octanol–water partition coefficient (Wildman–Crippen LogP) is 4.36. The number of imidazole rings is 1. The summed E-state index contributed by atoms with van der Waals surface area (Å²) in [5, 5.41) is 4.75. The van der Waals surface area contributed by atoms with Crippen LogP contribution in [0, 0.1) is 12.7 Å². The lowest BCUT2D eigenvalue weighted by atomic mass is 9.90. The molecule has 1 aliphatic heterocycles. The van der Waals surface area contributed by atoms with Crippen molar-refractivity contribution >= 4 is 0 Å². The first-order chi connectivity index (χ1) is 17.6. The molecule has 0 saturated carbocycles. The average Bonchev–Trinajstić information content (AvgIpc) is 3.55. The summed E-state index contributed by atoms with van der Waals surface area (Å²) in [6.45, 7) is 2.69. The van der Waals surface area contributed by atoms with E-state index < -0.39 is 0 Å². The van der Waals surface area contributed by atoms with Crippen LogP contribution in [0.3, 0.4) is 0 Å². The first-order valence-electron chi connectivity index (χ1n) is 11.7. The van der Waals surface area contributed by atoms with Gasteiger partial charge >= 0.3 is 0 Å². The molecule has 36 heavy (non-hydrogen) atoms. The van der Waals surface area contributed by atoms with Crippen molar-refractivity contribution in [2.75, 3.05) is 7.11 Å². The number of methoxy groups -OCH3 is 1. The third-order valence-electron chi connectivity index (χ3n) is 6.33. The predicted molar refractivity (Wildman–Crippen MR) is 130 cm³/mol. The summed E-state index contributed by atoms with van der Waals surface area (Å²) in [6.07, 6.45) is 8.68. The Balaban J connectivity index is 1.37. The molecular weight excluding hydrogens is 459 g/mol. The Morgan fingerprint density at radius 3 is 2.67 bits per heavy atom. The standard InChI is InChI=1S/C26H23FN8O/c1-16-14-34(15-30-16)22-9-8-21(31-26(22)36-2)24-32-25-18(5-3-12-35(25)33-24)17-6-7-20(27)19(13-17)23-28-10-4-11-29-23/h4,6-11,13-15,18H,3,5,12H2,1-2H3/t18-/m1/s1. The number of aromatic nitrogens is 8. The molecule has 1 aromatic carbocycles. The van der Waals surface area contributed by atoms with Gasteiger partial charge in [0.1, 0.15) is 23.0 Å². The van der Waals surface area contributed by atoms with Gasteiger partial charge in [0.05, 0.1) is 24.7 Å². The molecule has 0 N–H and O–H groups in total. The lowest BCUT2D eigenvalue weighted by Gasteiger charge is -2.22. The van der Waals surface area contributed by atoms with Gasteiger partial charge in [-0.05, 0) is 55.7 Å². The highest BCUT2D eigenvalue weighted by molar-refractivity contribution is 5.58. The van der Waals surface area contributed by atoms with E-state index in [9.17, 15) is 4.39 Å². The van der Waals surface area contributed by atoms with Gasteiger partial charge in [0, 0.05) is 31.1 Å². The van der Waals surface area contributed by atoms with Gasteiger partial charge in [0.25, 0.3) is 0 Å². The molecule has 1 aliphatic rings. The number of hydrogen-bond acceptors (Lipinski definition) is 7. The van der Waals surface area contributed by atoms with Crippen LogP contribution in [0.2, 0.25) is 0 Å². The maximum Gasteiger partial charge on any atom is 0.238 e. The Kier molecular flexibility index (Phi) is 5.48. The molecule has 0 spiro atoms. The van der Waals surface area contributed by atoms with Crippen LogP contribution in [-0.4, -0.2) is 46.4 Å². The van der Waals surface area contributed by atoms with Crippen molar-refractivity contribution in [1.29, 1.82) is 0 Å². The summed E-state index contributed by atoms with van der Waals surface area (Å²) in [6, 6.07) is 10.6. The molecular formula is C26H23FN8O. The van der Waals surface area contributed by atoms with Gasteiger partial charge in [-0.2, -0.15) is 0 Å². The summed E-state index contributed by atoms with van der Waals surface area (Å²) in [5.74, 6) is 1.79. The van der Waals surface area contributed by atoms with Crippen LogP contribution in [0.25, 0.3) is 28.6 Å². The number of aryl methyl sites for hydroxylation is 2. The first-order valence-corrected chi connectivity index (χ1v) is 11.7. The van der Waals surface area contributed by atoms with E-state index in [1.165, 1.54) is 6.07 Å². The Labute approximate surface area is 206 Å². The Morgan fingerprint density at radius 2 is 1.89 bits per heavy atom. The lowest BCUT2D eigenvalue weighted by molar-refractivity contribution is 0.396. The quantitative estimate of drug-likeness (QED) is 0.367. The second-order valence-corrected chi connectivity index (χ2v) is 8.67. The molecule has 0 saturated heterocycles. The fourth-order valence-electron chi connectivity index (χ4n) is 4.60. The molecule has 0 amide bonds. The highest BCUT2D eigenvalue weighted by Gasteiger charge is 2.28. The van der Waals surface area contributed by atoms with Gasteiger partial charge in [0.2, 0.25) is 5.88 Å². The van der Waals surface area contributed by atoms with Gasteiger partial charge < -0.3 is 9.30 Å². The monoisotopic (exact) mass is 482 g/mol. The van der Waals surface area contributed by atoms with E-state index in [1.54, 1.807) is 38.0 Å². The van der Waals surface area contributed by atoms with Crippen molar-refractivity contribution in [3.63, 3.8) is 0 Å². The van der Waals surface area contributed by atoms with Gasteiger partial charge in [-0.1, -0.05) is 6.07 Å². The van der Waals surface area contributed by atoms with E-state index in [1.807, 2.05) is 40.6 Å². The Hall–Kier alpha value is -4.47. The van der Waals surface area contributed by atoms with E-state index in [0.29, 0.717) is 28.8 Å². The van der Waals surface area contributed by atoms with Crippen LogP contribution >= 0.6 is 0 Å². The van der Waals surface area contributed by atoms with E-state index in [2.05, 4.69) is 19.9 Å². The number of rotatable bonds is 5. The number of ether oxygens (including phenoxy) is 1. The van der Waals surface area contributed by atoms with Crippen molar-refractivity contribution in [1.82, 2.24) is 39.3 Å². The molecule has 0 bridgehead atoms. The van der Waals surface area contributed by atoms with Crippen molar-refractivity contribution in [3.05, 3.63) is 84.2 Å². The highest BCUT2D eigenvalue weighted by Crippen LogP contribution is 2.35. The van der Waals surface area contributed by atoms with Crippen molar-refractivity contribution in [2.24, 2.45) is 0 Å². The van der Waals surface area contributed by atoms with Crippen molar-refractivity contribution in [3.8, 4) is 34.5 Å². The third kappa shape index (κ3) is 3.90. The third-order valence-corrected chi connectivity index (χ3v) is 6.33. The molecule has 180 valence electrons. The molecule has 0 radical (unpaired) electrons. The minimum absolute atomic E-state index is 0.0295. The number of halogens is 1. The maximum absolute atomic E-state index is 14.6. The van der Waals surface area contributed by atoms with Gasteiger partial charge in [-0.3, -0.25) is 0 Å². The topological polar surface area (TPSA) is 96.4 Å². The van der Waals surface area contributed by atoms with Gasteiger partial charge in [0.15, 0.2) is 11.6 Å². The number of hydrogen-bond donors (Lipinski definition) is 0. The summed E-state index contributed by atoms with van der Waals surface area (Å²) >= 11 is 0. The second kappa shape index (κ2) is 8.95. The van der Waals surface area contributed by atoms with E-state index >= 15 is 0 Å². The van der Waals surface area contributed by atoms with E-state index in [-0.39, 0.29) is 11.7 Å². The summed E-state index contributed by atoms with van der Waals surface area (Å²) in [4.78, 5) is 22.3. The zero-order valence-electron chi connectivity index (χ0n) is 19.8. The SMILES string of the molecule is COc1nc(-c2nc3n(n2)CCC[C@@H]3c2ccc(F)c(-c3ncccn3)c2)ccc1-n1cnc(C)c1. The Bertz CT molecular complexity index is 1550. The van der Waals surface area contributed by atoms with Crippen LogP contribution in [0.5, 0.6) is 5.88 Å². The number of pyridine rings is 1. The maximum atomic E-state index is 14.6. The van der Waals surface area contributed by atoms with Crippen LogP contribution in [0.1, 0.15) is 35.8 Å². The van der Waals surface area contributed by atoms with Crippen molar-refractivity contribution < 1.29 is 9.13 Å². The van der Waals surface area contributed by atoms with Crippen LogP contribution in [-0.2, 0) is 6.54 Å². The summed E-state index contributed by atoms with van der Waals surface area (Å²) in [5.41, 5.74) is 3.63. The normalized spacial score (nSPS) is 15.0. The molecule has 0 aliphatic carbocycles. The number of benzene rings is 1. The van der Waals surface area contributed by atoms with Gasteiger partial charge in [-0.25, -0.2) is 34.0 Å². The molecule has 5 aromatic rings. The summed E-state index contributed by atoms with van der Waals surface area (Å²) < 4.78 is 24.0. The molecule has 0 fully saturated rings. The zero-order chi connectivity index (χ0) is 24.6. The molecule has 9 nitrogen and oxygen atoms in total. The number of nitrogens with zero attached hydrogens (tertiary/aromatic N) is 8. The first kappa shape index (κ1) is 22.0. The second-order valence-electron chi connectivity index (χ2n) is 8.67. The van der Waals surface area contributed by atoms with E-state index in [0.717, 1.165) is 42.2 Å². The molecule has 6 rings (SSSR count). The lowest BCUT2D eigenvalue weighted by Crippen LogP contribution is -2.18. The average molecular weight is 483 g/mol. The smallest absolute Gasteiger partial charge is 0.238 e. The van der Waals surface area contributed by atoms with E-state index in [4.69, 9.17) is 14.8 Å². The van der Waals surface area contributed by atoms with Crippen LogP contribution < -0.4 is 4.74 Å². The van der Waals surface area contributed by atoms with Crippen LogP contribution in [0.4, 0.5) is 4.39 Å².